The first-order chi connectivity index (χ1) is 10.2. The van der Waals surface area contributed by atoms with Gasteiger partial charge in [-0.25, -0.2) is 4.79 Å². The zero-order chi connectivity index (χ0) is 15.1. The highest BCUT2D eigenvalue weighted by Gasteiger charge is 2.06. The number of benzene rings is 2. The van der Waals surface area contributed by atoms with Crippen LogP contribution in [0.4, 0.5) is 10.5 Å². The zero-order valence-corrected chi connectivity index (χ0v) is 12.4. The maximum Gasteiger partial charge on any atom is 0.411 e. The number of amides is 1. The molecule has 0 fully saturated rings. The summed E-state index contributed by atoms with van der Waals surface area (Å²) >= 11 is 5.99. The van der Waals surface area contributed by atoms with Gasteiger partial charge in [0.05, 0.1) is 0 Å². The minimum atomic E-state index is -0.502. The standard InChI is InChI=1S/C17H16ClNO2/c1-13-15(18)10-5-11-16(13)19-17(20)21-12-6-9-14-7-3-2-4-8-14/h2-11H,12H2,1H3,(H,19,20)/b9-6-. The molecule has 0 aliphatic heterocycles. The van der Waals surface area contributed by atoms with E-state index in [0.717, 1.165) is 11.1 Å². The van der Waals surface area contributed by atoms with Crippen LogP contribution in [0.5, 0.6) is 0 Å². The lowest BCUT2D eigenvalue weighted by atomic mass is 10.2. The summed E-state index contributed by atoms with van der Waals surface area (Å²) in [6.07, 6.45) is 3.19. The molecule has 0 saturated heterocycles. The van der Waals surface area contributed by atoms with Crippen molar-refractivity contribution in [3.8, 4) is 0 Å². The topological polar surface area (TPSA) is 38.3 Å². The fourth-order valence-electron chi connectivity index (χ4n) is 1.76. The number of rotatable bonds is 4. The Morgan fingerprint density at radius 1 is 1.19 bits per heavy atom. The van der Waals surface area contributed by atoms with E-state index in [4.69, 9.17) is 16.3 Å². The summed E-state index contributed by atoms with van der Waals surface area (Å²) in [7, 11) is 0. The summed E-state index contributed by atoms with van der Waals surface area (Å²) in [5, 5.41) is 3.28. The SMILES string of the molecule is Cc1c(Cl)cccc1NC(=O)OC/C=C\c1ccccc1. The van der Waals surface area contributed by atoms with Crippen LogP contribution < -0.4 is 5.32 Å². The van der Waals surface area contributed by atoms with Gasteiger partial charge in [0.1, 0.15) is 6.61 Å². The maximum absolute atomic E-state index is 11.7. The van der Waals surface area contributed by atoms with Crippen LogP contribution in [0, 0.1) is 6.92 Å². The summed E-state index contributed by atoms with van der Waals surface area (Å²) in [4.78, 5) is 11.7. The van der Waals surface area contributed by atoms with Crippen LogP contribution in [0.15, 0.2) is 54.6 Å². The van der Waals surface area contributed by atoms with Crippen molar-refractivity contribution < 1.29 is 9.53 Å². The van der Waals surface area contributed by atoms with Crippen LogP contribution in [0.25, 0.3) is 6.08 Å². The van der Waals surface area contributed by atoms with E-state index in [0.29, 0.717) is 10.7 Å². The van der Waals surface area contributed by atoms with Crippen LogP contribution in [-0.4, -0.2) is 12.7 Å². The molecule has 0 heterocycles. The number of anilines is 1. The van der Waals surface area contributed by atoms with E-state index in [9.17, 15) is 4.79 Å². The molecule has 0 unspecified atom stereocenters. The van der Waals surface area contributed by atoms with Crippen LogP contribution >= 0.6 is 11.6 Å². The van der Waals surface area contributed by atoms with Gasteiger partial charge in [-0.15, -0.1) is 0 Å². The van der Waals surface area contributed by atoms with Crippen LogP contribution in [0.3, 0.4) is 0 Å². The first-order valence-electron chi connectivity index (χ1n) is 6.57. The monoisotopic (exact) mass is 301 g/mol. The lowest BCUT2D eigenvalue weighted by Crippen LogP contribution is -2.14. The quantitative estimate of drug-likeness (QED) is 0.871. The summed E-state index contributed by atoms with van der Waals surface area (Å²) in [5.74, 6) is 0. The van der Waals surface area contributed by atoms with E-state index in [1.54, 1.807) is 24.3 Å². The van der Waals surface area contributed by atoms with E-state index < -0.39 is 6.09 Å². The van der Waals surface area contributed by atoms with E-state index in [1.807, 2.05) is 43.3 Å². The molecule has 0 radical (unpaired) electrons. The van der Waals surface area contributed by atoms with Crippen molar-refractivity contribution in [3.63, 3.8) is 0 Å². The number of hydrogen-bond donors (Lipinski definition) is 1. The number of ether oxygens (including phenoxy) is 1. The number of nitrogens with one attached hydrogen (secondary N) is 1. The van der Waals surface area contributed by atoms with Crippen LogP contribution in [0.2, 0.25) is 5.02 Å². The van der Waals surface area contributed by atoms with Gasteiger partial charge in [-0.2, -0.15) is 0 Å². The maximum atomic E-state index is 11.7. The molecule has 0 aromatic heterocycles. The van der Waals surface area contributed by atoms with Gasteiger partial charge in [0.2, 0.25) is 0 Å². The van der Waals surface area contributed by atoms with Crippen molar-refractivity contribution >= 4 is 29.5 Å². The fourth-order valence-corrected chi connectivity index (χ4v) is 1.94. The lowest BCUT2D eigenvalue weighted by Gasteiger charge is -2.09. The van der Waals surface area contributed by atoms with Crippen molar-refractivity contribution in [1.82, 2.24) is 0 Å². The highest BCUT2D eigenvalue weighted by Crippen LogP contribution is 2.22. The molecule has 4 heteroatoms. The number of carbonyl (C=O) groups excluding carboxylic acids is 1. The average Bonchev–Trinajstić information content (AvgIpc) is 2.49. The molecule has 0 aliphatic carbocycles. The highest BCUT2D eigenvalue weighted by atomic mass is 35.5. The van der Waals surface area contributed by atoms with Gasteiger partial charge in [-0.1, -0.05) is 54.1 Å². The molecule has 2 aromatic carbocycles. The average molecular weight is 302 g/mol. The second-order valence-corrected chi connectivity index (χ2v) is 4.86. The molecule has 0 bridgehead atoms. The summed E-state index contributed by atoms with van der Waals surface area (Å²) in [5.41, 5.74) is 2.53. The Bertz CT molecular complexity index is 638. The molecule has 3 nitrogen and oxygen atoms in total. The molecule has 21 heavy (non-hydrogen) atoms. The Balaban J connectivity index is 1.83. The third kappa shape index (κ3) is 4.65. The minimum absolute atomic E-state index is 0.209. The normalized spacial score (nSPS) is 10.6. The van der Waals surface area contributed by atoms with Crippen molar-refractivity contribution in [2.24, 2.45) is 0 Å². The van der Waals surface area contributed by atoms with Gasteiger partial charge in [0, 0.05) is 10.7 Å². The highest BCUT2D eigenvalue weighted by molar-refractivity contribution is 6.31. The number of hydrogen-bond acceptors (Lipinski definition) is 2. The zero-order valence-electron chi connectivity index (χ0n) is 11.7. The smallest absolute Gasteiger partial charge is 0.411 e. The molecule has 0 spiro atoms. The van der Waals surface area contributed by atoms with Crippen molar-refractivity contribution in [3.05, 3.63) is 70.8 Å². The third-order valence-electron chi connectivity index (χ3n) is 2.92. The van der Waals surface area contributed by atoms with E-state index >= 15 is 0 Å². The predicted molar refractivity (Wildman–Crippen MR) is 86.6 cm³/mol. The molecule has 1 amide bonds. The molecular weight excluding hydrogens is 286 g/mol. The van der Waals surface area contributed by atoms with Gasteiger partial charge in [0.25, 0.3) is 0 Å². The second-order valence-electron chi connectivity index (χ2n) is 4.45. The van der Waals surface area contributed by atoms with E-state index in [1.165, 1.54) is 0 Å². The molecule has 0 aliphatic rings. The summed E-state index contributed by atoms with van der Waals surface area (Å²) in [6.45, 7) is 2.05. The van der Waals surface area contributed by atoms with E-state index in [-0.39, 0.29) is 6.61 Å². The molecule has 0 saturated carbocycles. The molecule has 0 atom stereocenters. The number of halogens is 1. The Labute approximate surface area is 129 Å². The Morgan fingerprint density at radius 2 is 1.95 bits per heavy atom. The second kappa shape index (κ2) is 7.50. The number of carbonyl (C=O) groups is 1. The predicted octanol–water partition coefficient (Wildman–Crippen LogP) is 4.91. The van der Waals surface area contributed by atoms with Gasteiger partial charge >= 0.3 is 6.09 Å². The van der Waals surface area contributed by atoms with Crippen molar-refractivity contribution in [1.29, 1.82) is 0 Å². The van der Waals surface area contributed by atoms with Gasteiger partial charge in [-0.05, 0) is 36.3 Å². The molecule has 108 valence electrons. The molecule has 2 aromatic rings. The van der Waals surface area contributed by atoms with Crippen molar-refractivity contribution in [2.45, 2.75) is 6.92 Å². The Hall–Kier alpha value is -2.26. The van der Waals surface area contributed by atoms with Crippen molar-refractivity contribution in [2.75, 3.05) is 11.9 Å². The Kier molecular flexibility index (Phi) is 5.41. The van der Waals surface area contributed by atoms with Gasteiger partial charge < -0.3 is 4.74 Å². The Morgan fingerprint density at radius 3 is 2.71 bits per heavy atom. The molecule has 2 rings (SSSR count). The first kappa shape index (κ1) is 15.1. The van der Waals surface area contributed by atoms with Gasteiger partial charge in [0.15, 0.2) is 0 Å². The third-order valence-corrected chi connectivity index (χ3v) is 3.33. The molecular formula is C17H16ClNO2. The first-order valence-corrected chi connectivity index (χ1v) is 6.95. The van der Waals surface area contributed by atoms with Crippen LogP contribution in [0.1, 0.15) is 11.1 Å². The molecule has 1 N–H and O–H groups in total. The van der Waals surface area contributed by atoms with Gasteiger partial charge in [-0.3, -0.25) is 5.32 Å². The summed E-state index contributed by atoms with van der Waals surface area (Å²) in [6, 6.07) is 15.1. The summed E-state index contributed by atoms with van der Waals surface area (Å²) < 4.78 is 5.08. The minimum Gasteiger partial charge on any atom is -0.445 e. The van der Waals surface area contributed by atoms with Crippen LogP contribution in [-0.2, 0) is 4.74 Å². The van der Waals surface area contributed by atoms with E-state index in [2.05, 4.69) is 5.32 Å². The largest absolute Gasteiger partial charge is 0.445 e. The fraction of sp³-hybridized carbons (Fsp3) is 0.118. The lowest BCUT2D eigenvalue weighted by molar-refractivity contribution is 0.174.